The van der Waals surface area contributed by atoms with E-state index in [2.05, 4.69) is 0 Å². The topological polar surface area (TPSA) is 261 Å². The summed E-state index contributed by atoms with van der Waals surface area (Å²) in [5.74, 6) is -4.65. The van der Waals surface area contributed by atoms with Crippen molar-refractivity contribution in [3.05, 3.63) is 40.6 Å². The molecule has 7 N–H and O–H groups in total. The highest BCUT2D eigenvalue weighted by Crippen LogP contribution is 2.40. The van der Waals surface area contributed by atoms with Crippen LogP contribution in [-0.4, -0.2) is 109 Å². The molecule has 17 nitrogen and oxygen atoms in total. The van der Waals surface area contributed by atoms with E-state index < -0.39 is 113 Å². The molecular weight excluding hydrogens is 644 g/mol. The average Bonchev–Trinajstić information content (AvgIpc) is 3.01. The van der Waals surface area contributed by atoms with Crippen molar-refractivity contribution in [1.82, 2.24) is 0 Å². The van der Waals surface area contributed by atoms with Crippen LogP contribution in [0.2, 0.25) is 0 Å². The summed E-state index contributed by atoms with van der Waals surface area (Å²) in [4.78, 5) is 37.6. The van der Waals surface area contributed by atoms with Gasteiger partial charge in [0.15, 0.2) is 35.6 Å². The lowest BCUT2D eigenvalue weighted by Crippen LogP contribution is -2.61. The lowest BCUT2D eigenvalue weighted by atomic mass is 9.99. The summed E-state index contributed by atoms with van der Waals surface area (Å²) < 4.78 is 39.0. The second-order valence-corrected chi connectivity index (χ2v) is 11.4. The van der Waals surface area contributed by atoms with E-state index in [-0.39, 0.29) is 16.9 Å². The minimum absolute atomic E-state index is 0.0326. The number of ether oxygens (including phenoxy) is 6. The number of benzene rings is 2. The Morgan fingerprint density at radius 1 is 0.708 bits per heavy atom. The molecule has 48 heavy (non-hydrogen) atoms. The van der Waals surface area contributed by atoms with Crippen molar-refractivity contribution < 1.29 is 78.2 Å². The molecule has 3 heterocycles. The van der Waals surface area contributed by atoms with Crippen molar-refractivity contribution in [3.8, 4) is 40.1 Å². The number of fused-ring (bicyclic) bond motifs is 1. The number of carbonyl (C=O) groups is 2. The smallest absolute Gasteiger partial charge is 0.303 e. The molecular formula is C31H34O17. The van der Waals surface area contributed by atoms with Crippen LogP contribution in [0.5, 0.6) is 28.7 Å². The molecule has 2 aliphatic rings. The number of phenolic OH excluding ortho intramolecular Hbond substituents is 3. The van der Waals surface area contributed by atoms with Gasteiger partial charge >= 0.3 is 11.9 Å². The zero-order valence-corrected chi connectivity index (χ0v) is 25.9. The zero-order chi connectivity index (χ0) is 35.2. The van der Waals surface area contributed by atoms with Gasteiger partial charge in [0, 0.05) is 31.5 Å². The second kappa shape index (κ2) is 13.5. The number of rotatable bonds is 7. The quantitative estimate of drug-likeness (QED) is 0.129. The van der Waals surface area contributed by atoms with Crippen LogP contribution < -0.4 is 14.9 Å². The molecule has 1 aromatic heterocycles. The number of phenols is 3. The first kappa shape index (κ1) is 34.7. The van der Waals surface area contributed by atoms with Gasteiger partial charge in [-0.3, -0.25) is 14.4 Å². The maximum atomic E-state index is 14.0. The highest BCUT2D eigenvalue weighted by Gasteiger charge is 2.49. The first-order valence-electron chi connectivity index (χ1n) is 14.6. The Bertz CT molecular complexity index is 1750. The Morgan fingerprint density at radius 3 is 1.98 bits per heavy atom. The van der Waals surface area contributed by atoms with E-state index in [9.17, 15) is 50.1 Å². The van der Waals surface area contributed by atoms with Gasteiger partial charge in [-0.25, -0.2) is 0 Å². The summed E-state index contributed by atoms with van der Waals surface area (Å²) in [6.07, 6.45) is -14.6. The number of aromatic hydroxyl groups is 3. The van der Waals surface area contributed by atoms with Gasteiger partial charge in [0.05, 0.1) is 12.2 Å². The van der Waals surface area contributed by atoms with Crippen LogP contribution in [0.15, 0.2) is 39.5 Å². The molecule has 0 bridgehead atoms. The molecule has 0 aliphatic carbocycles. The third-order valence-electron chi connectivity index (χ3n) is 7.79. The molecule has 10 atom stereocenters. The largest absolute Gasteiger partial charge is 0.507 e. The van der Waals surface area contributed by atoms with Crippen LogP contribution >= 0.6 is 0 Å². The number of hydrogen-bond acceptors (Lipinski definition) is 17. The van der Waals surface area contributed by atoms with E-state index in [1.807, 2.05) is 0 Å². The van der Waals surface area contributed by atoms with E-state index in [1.54, 1.807) is 0 Å². The Kier molecular flexibility index (Phi) is 9.72. The van der Waals surface area contributed by atoms with Gasteiger partial charge in [-0.1, -0.05) is 0 Å². The van der Waals surface area contributed by atoms with Gasteiger partial charge in [-0.2, -0.15) is 0 Å². The monoisotopic (exact) mass is 678 g/mol. The van der Waals surface area contributed by atoms with E-state index in [4.69, 9.17) is 32.8 Å². The Balaban J connectivity index is 1.59. The van der Waals surface area contributed by atoms with E-state index >= 15 is 0 Å². The summed E-state index contributed by atoms with van der Waals surface area (Å²) in [7, 11) is 0. The molecule has 3 aromatic rings. The minimum Gasteiger partial charge on any atom is -0.507 e. The number of esters is 2. The van der Waals surface area contributed by atoms with Crippen LogP contribution in [0.4, 0.5) is 0 Å². The lowest BCUT2D eigenvalue weighted by molar-refractivity contribution is -0.276. The third-order valence-corrected chi connectivity index (χ3v) is 7.79. The van der Waals surface area contributed by atoms with Crippen molar-refractivity contribution in [1.29, 1.82) is 0 Å². The Morgan fingerprint density at radius 2 is 1.33 bits per heavy atom. The lowest BCUT2D eigenvalue weighted by Gasteiger charge is -2.41. The van der Waals surface area contributed by atoms with E-state index in [0.717, 1.165) is 38.1 Å². The fraction of sp³-hybridized carbons (Fsp3) is 0.452. The van der Waals surface area contributed by atoms with Gasteiger partial charge in [0.2, 0.25) is 23.8 Å². The highest BCUT2D eigenvalue weighted by molar-refractivity contribution is 5.88. The normalized spacial score (nSPS) is 30.4. The average molecular weight is 679 g/mol. The molecule has 2 aromatic carbocycles. The van der Waals surface area contributed by atoms with Crippen LogP contribution in [-0.2, 0) is 28.5 Å². The van der Waals surface area contributed by atoms with E-state index in [0.29, 0.717) is 0 Å². The molecule has 2 aliphatic heterocycles. The summed E-state index contributed by atoms with van der Waals surface area (Å²) in [5.41, 5.74) is -1.36. The van der Waals surface area contributed by atoms with Gasteiger partial charge in [0.25, 0.3) is 0 Å². The molecule has 10 unspecified atom stereocenters. The number of aliphatic hydroxyl groups is 4. The first-order valence-corrected chi connectivity index (χ1v) is 14.6. The molecule has 0 spiro atoms. The summed E-state index contributed by atoms with van der Waals surface area (Å²) >= 11 is 0. The predicted octanol–water partition coefficient (Wildman–Crippen LogP) is 0.131. The summed E-state index contributed by atoms with van der Waals surface area (Å²) in [6, 6.07) is 5.52. The standard InChI is InChI=1S/C31H34O17/c1-10-21(37)23(39)24(40)30(42-10)46-15-8-18(36)20-19(9-15)47-27(14-5-6-16(34)17(35)7-14)28(22(20)38)48-31-25(41)29(45-13(4)33)26(11(2)43-31)44-12(3)32/h5-11,21,23-26,29-31,34-37,39-41H,1-4H3. The number of aliphatic hydroxyl groups excluding tert-OH is 4. The van der Waals surface area contributed by atoms with Gasteiger partial charge in [-0.05, 0) is 32.0 Å². The number of carbonyl (C=O) groups excluding carboxylic acids is 2. The maximum absolute atomic E-state index is 14.0. The maximum Gasteiger partial charge on any atom is 0.303 e. The van der Waals surface area contributed by atoms with E-state index in [1.165, 1.54) is 19.9 Å². The van der Waals surface area contributed by atoms with Gasteiger partial charge in [-0.15, -0.1) is 0 Å². The SMILES string of the molecule is CC(=O)OC1C(C)OC(Oc2c(-c3ccc(O)c(O)c3)oc3cc(OC4OC(C)C(O)C(O)C4O)cc(O)c3c2=O)C(O)C1OC(C)=O. The van der Waals surface area contributed by atoms with Crippen molar-refractivity contribution >= 4 is 22.9 Å². The zero-order valence-electron chi connectivity index (χ0n) is 25.9. The van der Waals surface area contributed by atoms with Crippen molar-refractivity contribution in [3.63, 3.8) is 0 Å². The third kappa shape index (κ3) is 6.69. The second-order valence-electron chi connectivity index (χ2n) is 11.4. The molecule has 0 saturated carbocycles. The minimum atomic E-state index is -1.84. The highest BCUT2D eigenvalue weighted by atomic mass is 16.7. The fourth-order valence-corrected chi connectivity index (χ4v) is 5.41. The molecule has 2 fully saturated rings. The summed E-state index contributed by atoms with van der Waals surface area (Å²) in [6.45, 7) is 5.05. The molecule has 0 radical (unpaired) electrons. The van der Waals surface area contributed by atoms with Gasteiger partial charge in [0.1, 0.15) is 40.8 Å². The Hall–Kier alpha value is -4.65. The summed E-state index contributed by atoms with van der Waals surface area (Å²) in [5, 5.41) is 72.2. The van der Waals surface area contributed by atoms with Gasteiger partial charge < -0.3 is 68.6 Å². The van der Waals surface area contributed by atoms with Crippen LogP contribution in [0.3, 0.4) is 0 Å². The first-order chi connectivity index (χ1) is 22.6. The van der Waals surface area contributed by atoms with Crippen LogP contribution in [0.1, 0.15) is 27.7 Å². The van der Waals surface area contributed by atoms with Crippen molar-refractivity contribution in [2.75, 3.05) is 0 Å². The Labute approximate surface area is 271 Å². The number of hydrogen-bond donors (Lipinski definition) is 7. The molecule has 0 amide bonds. The molecule has 17 heteroatoms. The molecule has 2 saturated heterocycles. The van der Waals surface area contributed by atoms with Crippen LogP contribution in [0, 0.1) is 0 Å². The molecule has 5 rings (SSSR count). The van der Waals surface area contributed by atoms with Crippen molar-refractivity contribution in [2.45, 2.75) is 89.1 Å². The van der Waals surface area contributed by atoms with Crippen molar-refractivity contribution in [2.24, 2.45) is 0 Å². The molecule has 260 valence electrons. The predicted molar refractivity (Wildman–Crippen MR) is 158 cm³/mol. The van der Waals surface area contributed by atoms with Crippen LogP contribution in [0.25, 0.3) is 22.3 Å². The fourth-order valence-electron chi connectivity index (χ4n) is 5.41.